The van der Waals surface area contributed by atoms with Gasteiger partial charge in [0, 0.05) is 11.5 Å². The molecule has 60 valence electrons. The topological polar surface area (TPSA) is 71.8 Å². The number of aromatic amines is 1. The predicted octanol–water partition coefficient (Wildman–Crippen LogP) is -1.52. The van der Waals surface area contributed by atoms with E-state index in [1.165, 1.54) is 6.07 Å². The minimum absolute atomic E-state index is 0. The number of nitrogens with zero attached hydrogens (tertiary/aromatic N) is 2. The van der Waals surface area contributed by atoms with E-state index in [0.29, 0.717) is 5.52 Å². The minimum atomic E-state index is -0.430. The van der Waals surface area contributed by atoms with Gasteiger partial charge < -0.3 is 0 Å². The SMILES string of the molecule is O=[N+]([O-])c1cccc2cn[nH]c12.[Na+]. The Morgan fingerprint density at radius 2 is 2.23 bits per heavy atom. The van der Waals surface area contributed by atoms with Gasteiger partial charge in [-0.1, -0.05) is 12.1 Å². The molecular formula is C7H5N3NaO2+. The Balaban J connectivity index is 0.000000845. The molecule has 0 fully saturated rings. The number of hydrogen-bond donors (Lipinski definition) is 1. The molecule has 0 atom stereocenters. The zero-order valence-corrected chi connectivity index (χ0v) is 9.02. The van der Waals surface area contributed by atoms with Crippen molar-refractivity contribution in [1.29, 1.82) is 0 Å². The number of benzene rings is 1. The van der Waals surface area contributed by atoms with Crippen molar-refractivity contribution in [2.45, 2.75) is 0 Å². The fourth-order valence-electron chi connectivity index (χ4n) is 1.11. The summed E-state index contributed by atoms with van der Waals surface area (Å²) in [6.07, 6.45) is 1.56. The van der Waals surface area contributed by atoms with Crippen molar-refractivity contribution in [3.05, 3.63) is 34.5 Å². The average molecular weight is 186 g/mol. The number of aromatic nitrogens is 2. The Labute approximate surface area is 95.6 Å². The Morgan fingerprint density at radius 3 is 2.92 bits per heavy atom. The van der Waals surface area contributed by atoms with Gasteiger partial charge >= 0.3 is 29.6 Å². The van der Waals surface area contributed by atoms with Crippen LogP contribution in [0, 0.1) is 10.1 Å². The van der Waals surface area contributed by atoms with Crippen molar-refractivity contribution in [1.82, 2.24) is 10.2 Å². The van der Waals surface area contributed by atoms with Crippen LogP contribution in [-0.2, 0) is 0 Å². The van der Waals surface area contributed by atoms with Crippen LogP contribution in [-0.4, -0.2) is 15.1 Å². The van der Waals surface area contributed by atoms with Gasteiger partial charge in [0.1, 0.15) is 5.52 Å². The summed E-state index contributed by atoms with van der Waals surface area (Å²) in [5, 5.41) is 17.5. The fourth-order valence-corrected chi connectivity index (χ4v) is 1.11. The van der Waals surface area contributed by atoms with E-state index in [0.717, 1.165) is 5.39 Å². The van der Waals surface area contributed by atoms with E-state index in [-0.39, 0.29) is 35.2 Å². The van der Waals surface area contributed by atoms with E-state index in [1.807, 2.05) is 0 Å². The Bertz CT molecular complexity index is 440. The molecule has 0 saturated heterocycles. The Hall–Kier alpha value is -0.910. The van der Waals surface area contributed by atoms with Crippen LogP contribution in [0.5, 0.6) is 0 Å². The number of fused-ring (bicyclic) bond motifs is 1. The van der Waals surface area contributed by atoms with Crippen molar-refractivity contribution >= 4 is 16.6 Å². The molecule has 2 rings (SSSR count). The van der Waals surface area contributed by atoms with Crippen LogP contribution in [0.2, 0.25) is 0 Å². The third-order valence-corrected chi connectivity index (χ3v) is 1.65. The van der Waals surface area contributed by atoms with Crippen LogP contribution < -0.4 is 29.6 Å². The molecule has 0 aliphatic rings. The second-order valence-electron chi connectivity index (χ2n) is 2.37. The molecule has 0 spiro atoms. The number of non-ortho nitro benzene ring substituents is 1. The molecule has 0 bridgehead atoms. The number of nitro groups is 1. The zero-order chi connectivity index (χ0) is 8.55. The van der Waals surface area contributed by atoms with Crippen LogP contribution in [0.15, 0.2) is 24.4 Å². The first-order chi connectivity index (χ1) is 5.79. The van der Waals surface area contributed by atoms with Crippen LogP contribution in [0.25, 0.3) is 10.9 Å². The summed E-state index contributed by atoms with van der Waals surface area (Å²) >= 11 is 0. The first-order valence-electron chi connectivity index (χ1n) is 3.35. The number of rotatable bonds is 1. The first kappa shape index (κ1) is 10.2. The molecule has 0 amide bonds. The second kappa shape index (κ2) is 3.87. The summed E-state index contributed by atoms with van der Waals surface area (Å²) in [6, 6.07) is 4.85. The maximum Gasteiger partial charge on any atom is 1.00 e. The quantitative estimate of drug-likeness (QED) is 0.334. The number of para-hydroxylation sites is 1. The van der Waals surface area contributed by atoms with Crippen molar-refractivity contribution in [3.63, 3.8) is 0 Å². The summed E-state index contributed by atoms with van der Waals surface area (Å²) in [5.41, 5.74) is 0.535. The van der Waals surface area contributed by atoms with E-state index in [2.05, 4.69) is 10.2 Å². The zero-order valence-electron chi connectivity index (χ0n) is 7.02. The van der Waals surface area contributed by atoms with Gasteiger partial charge in [0.2, 0.25) is 0 Å². The number of nitro benzene ring substituents is 1. The monoisotopic (exact) mass is 186 g/mol. The predicted molar refractivity (Wildman–Crippen MR) is 42.7 cm³/mol. The maximum atomic E-state index is 10.5. The molecule has 0 aliphatic carbocycles. The van der Waals surface area contributed by atoms with E-state index < -0.39 is 4.92 Å². The second-order valence-corrected chi connectivity index (χ2v) is 2.37. The van der Waals surface area contributed by atoms with Gasteiger partial charge in [0.25, 0.3) is 5.69 Å². The van der Waals surface area contributed by atoms with Crippen LogP contribution in [0.4, 0.5) is 5.69 Å². The van der Waals surface area contributed by atoms with Crippen molar-refractivity contribution < 1.29 is 34.5 Å². The normalized spacial score (nSPS) is 9.54. The van der Waals surface area contributed by atoms with Crippen molar-refractivity contribution in [2.24, 2.45) is 0 Å². The summed E-state index contributed by atoms with van der Waals surface area (Å²) in [6.45, 7) is 0. The van der Waals surface area contributed by atoms with Crippen molar-refractivity contribution in [3.8, 4) is 0 Å². The molecule has 1 aromatic heterocycles. The van der Waals surface area contributed by atoms with Crippen LogP contribution >= 0.6 is 0 Å². The number of H-pyrrole nitrogens is 1. The van der Waals surface area contributed by atoms with Gasteiger partial charge in [0.05, 0.1) is 11.1 Å². The van der Waals surface area contributed by atoms with E-state index >= 15 is 0 Å². The smallest absolute Gasteiger partial charge is 0.271 e. The van der Waals surface area contributed by atoms with E-state index in [4.69, 9.17) is 0 Å². The molecule has 1 aromatic carbocycles. The molecule has 1 heterocycles. The van der Waals surface area contributed by atoms with Gasteiger partial charge in [-0.25, -0.2) is 0 Å². The maximum absolute atomic E-state index is 10.5. The Kier molecular flexibility index (Phi) is 3.02. The summed E-state index contributed by atoms with van der Waals surface area (Å²) in [7, 11) is 0. The average Bonchev–Trinajstić information content (AvgIpc) is 2.49. The molecule has 5 nitrogen and oxygen atoms in total. The molecule has 1 N–H and O–H groups in total. The Morgan fingerprint density at radius 1 is 1.46 bits per heavy atom. The van der Waals surface area contributed by atoms with E-state index in [1.54, 1.807) is 18.3 Å². The van der Waals surface area contributed by atoms with Gasteiger partial charge in [-0.3, -0.25) is 15.2 Å². The third kappa shape index (κ3) is 1.72. The van der Waals surface area contributed by atoms with Crippen molar-refractivity contribution in [2.75, 3.05) is 0 Å². The molecule has 0 unspecified atom stereocenters. The fraction of sp³-hybridized carbons (Fsp3) is 0. The third-order valence-electron chi connectivity index (χ3n) is 1.65. The molecule has 0 radical (unpaired) electrons. The number of hydrogen-bond acceptors (Lipinski definition) is 3. The first-order valence-corrected chi connectivity index (χ1v) is 3.35. The summed E-state index contributed by atoms with van der Waals surface area (Å²) < 4.78 is 0. The van der Waals surface area contributed by atoms with Gasteiger partial charge in [-0.15, -0.1) is 0 Å². The van der Waals surface area contributed by atoms with Gasteiger partial charge in [0.15, 0.2) is 0 Å². The molecule has 0 aliphatic heterocycles. The molecule has 13 heavy (non-hydrogen) atoms. The summed E-state index contributed by atoms with van der Waals surface area (Å²) in [4.78, 5) is 10.0. The van der Waals surface area contributed by atoms with E-state index in [9.17, 15) is 10.1 Å². The van der Waals surface area contributed by atoms with Gasteiger partial charge in [-0.05, 0) is 0 Å². The molecule has 2 aromatic rings. The molecule has 0 saturated carbocycles. The number of nitrogens with one attached hydrogen (secondary N) is 1. The van der Waals surface area contributed by atoms with Crippen LogP contribution in [0.1, 0.15) is 0 Å². The summed E-state index contributed by atoms with van der Waals surface area (Å²) in [5.74, 6) is 0. The minimum Gasteiger partial charge on any atom is -0.271 e. The van der Waals surface area contributed by atoms with Crippen LogP contribution in [0.3, 0.4) is 0 Å². The molecular weight excluding hydrogens is 181 g/mol. The largest absolute Gasteiger partial charge is 1.00 e. The van der Waals surface area contributed by atoms with Gasteiger partial charge in [-0.2, -0.15) is 5.10 Å². The standard InChI is InChI=1S/C7H5N3O2.Na/c11-10(12)6-3-1-2-5-4-8-9-7(5)6;/h1-4H,(H,8,9);/q;+1. The molecule has 6 heteroatoms.